The maximum atomic E-state index is 12.7. The van der Waals surface area contributed by atoms with Crippen LogP contribution >= 0.6 is 0 Å². The first-order chi connectivity index (χ1) is 11.8. The lowest BCUT2D eigenvalue weighted by Gasteiger charge is -2.34. The molecule has 0 N–H and O–H groups in total. The summed E-state index contributed by atoms with van der Waals surface area (Å²) in [4.78, 5) is 17.4. The molecule has 2 heterocycles. The van der Waals surface area contributed by atoms with E-state index in [1.807, 2.05) is 0 Å². The third-order valence-electron chi connectivity index (χ3n) is 5.64. The van der Waals surface area contributed by atoms with Gasteiger partial charge in [0.15, 0.2) is 0 Å². The van der Waals surface area contributed by atoms with E-state index in [4.69, 9.17) is 0 Å². The summed E-state index contributed by atoms with van der Waals surface area (Å²) >= 11 is 0. The predicted octanol–water partition coefficient (Wildman–Crippen LogP) is 3.73. The van der Waals surface area contributed by atoms with Gasteiger partial charge in [0.05, 0.1) is 0 Å². The number of likely N-dealkylation sites (tertiary alicyclic amines) is 2. The minimum atomic E-state index is 0.286. The molecular weight excluding hydrogens is 296 g/mol. The van der Waals surface area contributed by atoms with Crippen LogP contribution in [0.25, 0.3) is 0 Å². The summed E-state index contributed by atoms with van der Waals surface area (Å²) in [6.45, 7) is 5.35. The monoisotopic (exact) mass is 328 g/mol. The Balaban J connectivity index is 1.36. The van der Waals surface area contributed by atoms with Gasteiger partial charge >= 0.3 is 0 Å². The molecule has 0 atom stereocenters. The number of aryl methyl sites for hydroxylation is 1. The van der Waals surface area contributed by atoms with Crippen LogP contribution < -0.4 is 0 Å². The Bertz CT molecular complexity index is 486. The summed E-state index contributed by atoms with van der Waals surface area (Å²) in [6, 6.07) is 10.7. The molecule has 2 aliphatic rings. The van der Waals surface area contributed by atoms with Gasteiger partial charge in [-0.25, -0.2) is 0 Å². The molecule has 0 bridgehead atoms. The Kier molecular flexibility index (Phi) is 6.71. The number of carbonyl (C=O) groups excluding carboxylic acids is 1. The smallest absolute Gasteiger partial charge is 0.225 e. The maximum absolute atomic E-state index is 12.7. The molecule has 0 saturated carbocycles. The average molecular weight is 329 g/mol. The van der Waals surface area contributed by atoms with Crippen LogP contribution in [0, 0.1) is 5.92 Å². The van der Waals surface area contributed by atoms with Gasteiger partial charge in [-0.3, -0.25) is 4.79 Å². The van der Waals surface area contributed by atoms with Crippen LogP contribution in [-0.4, -0.2) is 48.4 Å². The van der Waals surface area contributed by atoms with Gasteiger partial charge in [-0.15, -0.1) is 0 Å². The van der Waals surface area contributed by atoms with Crippen molar-refractivity contribution >= 4 is 5.91 Å². The molecule has 0 aromatic heterocycles. The molecule has 0 spiro atoms. The van der Waals surface area contributed by atoms with Gasteiger partial charge in [0.25, 0.3) is 0 Å². The topological polar surface area (TPSA) is 23.6 Å². The summed E-state index contributed by atoms with van der Waals surface area (Å²) in [6.07, 6.45) is 9.48. The number of amides is 1. The molecule has 3 heteroatoms. The van der Waals surface area contributed by atoms with Gasteiger partial charge in [0.1, 0.15) is 0 Å². The molecule has 24 heavy (non-hydrogen) atoms. The second kappa shape index (κ2) is 9.22. The van der Waals surface area contributed by atoms with E-state index >= 15 is 0 Å². The van der Waals surface area contributed by atoms with Crippen molar-refractivity contribution in [2.45, 2.75) is 51.4 Å². The number of hydrogen-bond acceptors (Lipinski definition) is 2. The van der Waals surface area contributed by atoms with Gasteiger partial charge < -0.3 is 9.80 Å². The second-order valence-corrected chi connectivity index (χ2v) is 7.44. The van der Waals surface area contributed by atoms with Crippen molar-refractivity contribution in [2.75, 3.05) is 32.7 Å². The fourth-order valence-corrected chi connectivity index (χ4v) is 4.10. The fourth-order valence-electron chi connectivity index (χ4n) is 4.10. The van der Waals surface area contributed by atoms with Crippen molar-refractivity contribution in [1.29, 1.82) is 0 Å². The fraction of sp³-hybridized carbons (Fsp3) is 0.667. The first-order valence-corrected chi connectivity index (χ1v) is 9.88. The zero-order chi connectivity index (χ0) is 16.6. The zero-order valence-corrected chi connectivity index (χ0v) is 15.0. The lowest BCUT2D eigenvalue weighted by molar-refractivity contribution is -0.137. The van der Waals surface area contributed by atoms with Crippen LogP contribution in [-0.2, 0) is 11.2 Å². The average Bonchev–Trinajstić information content (AvgIpc) is 2.92. The zero-order valence-electron chi connectivity index (χ0n) is 15.0. The molecule has 1 aromatic rings. The largest absolute Gasteiger partial charge is 0.342 e. The molecule has 2 saturated heterocycles. The van der Waals surface area contributed by atoms with Gasteiger partial charge in [-0.2, -0.15) is 0 Å². The molecule has 0 radical (unpaired) electrons. The number of hydrogen-bond donors (Lipinski definition) is 0. The van der Waals surface area contributed by atoms with E-state index in [1.165, 1.54) is 44.2 Å². The Morgan fingerprint density at radius 3 is 2.25 bits per heavy atom. The Labute approximate surface area is 147 Å². The normalized spacial score (nSPS) is 20.8. The van der Waals surface area contributed by atoms with Crippen LogP contribution in [0.1, 0.15) is 50.5 Å². The summed E-state index contributed by atoms with van der Waals surface area (Å²) in [5, 5.41) is 0. The number of piperidine rings is 1. The van der Waals surface area contributed by atoms with Crippen LogP contribution in [0.4, 0.5) is 0 Å². The molecule has 3 nitrogen and oxygen atoms in total. The Hall–Kier alpha value is -1.35. The molecule has 2 fully saturated rings. The Morgan fingerprint density at radius 2 is 1.58 bits per heavy atom. The predicted molar refractivity (Wildman–Crippen MR) is 99.0 cm³/mol. The molecule has 0 unspecified atom stereocenters. The van der Waals surface area contributed by atoms with Crippen LogP contribution in [0.15, 0.2) is 30.3 Å². The van der Waals surface area contributed by atoms with Gasteiger partial charge in [0, 0.05) is 19.0 Å². The molecule has 3 rings (SSSR count). The highest BCUT2D eigenvalue weighted by Crippen LogP contribution is 2.22. The molecule has 0 aliphatic carbocycles. The summed E-state index contributed by atoms with van der Waals surface area (Å²) in [5.74, 6) is 0.731. The van der Waals surface area contributed by atoms with Gasteiger partial charge in [-0.05, 0) is 63.7 Å². The standard InChI is InChI=1S/C21H32N2O/c24-21(23-15-6-1-2-7-16-23)20-12-17-22(18-13-20)14-8-11-19-9-4-3-5-10-19/h3-5,9-10,20H,1-2,6-8,11-18H2. The quantitative estimate of drug-likeness (QED) is 0.822. The van der Waals surface area contributed by atoms with Crippen molar-refractivity contribution in [1.82, 2.24) is 9.80 Å². The van der Waals surface area contributed by atoms with Crippen molar-refractivity contribution < 1.29 is 4.79 Å². The molecular formula is C21H32N2O. The summed E-state index contributed by atoms with van der Waals surface area (Å²) in [7, 11) is 0. The number of carbonyl (C=O) groups is 1. The van der Waals surface area contributed by atoms with Crippen LogP contribution in [0.5, 0.6) is 0 Å². The minimum Gasteiger partial charge on any atom is -0.342 e. The molecule has 2 aliphatic heterocycles. The lowest BCUT2D eigenvalue weighted by atomic mass is 9.95. The first kappa shape index (κ1) is 17.5. The third kappa shape index (κ3) is 5.07. The van der Waals surface area contributed by atoms with Crippen molar-refractivity contribution in [3.05, 3.63) is 35.9 Å². The lowest BCUT2D eigenvalue weighted by Crippen LogP contribution is -2.43. The highest BCUT2D eigenvalue weighted by Gasteiger charge is 2.28. The number of nitrogens with zero attached hydrogens (tertiary/aromatic N) is 2. The van der Waals surface area contributed by atoms with E-state index in [2.05, 4.69) is 40.1 Å². The van der Waals surface area contributed by atoms with Gasteiger partial charge in [0.2, 0.25) is 5.91 Å². The number of rotatable bonds is 5. The van der Waals surface area contributed by atoms with E-state index < -0.39 is 0 Å². The highest BCUT2D eigenvalue weighted by molar-refractivity contribution is 5.79. The molecule has 1 amide bonds. The number of benzene rings is 1. The van der Waals surface area contributed by atoms with Crippen LogP contribution in [0.3, 0.4) is 0 Å². The third-order valence-corrected chi connectivity index (χ3v) is 5.64. The highest BCUT2D eigenvalue weighted by atomic mass is 16.2. The van der Waals surface area contributed by atoms with E-state index in [1.54, 1.807) is 0 Å². The SMILES string of the molecule is O=C(C1CCN(CCCc2ccccc2)CC1)N1CCCCCC1. The van der Waals surface area contributed by atoms with Crippen molar-refractivity contribution in [2.24, 2.45) is 5.92 Å². The van der Waals surface area contributed by atoms with Crippen molar-refractivity contribution in [3.63, 3.8) is 0 Å². The van der Waals surface area contributed by atoms with E-state index in [-0.39, 0.29) is 5.92 Å². The second-order valence-electron chi connectivity index (χ2n) is 7.44. The summed E-state index contributed by atoms with van der Waals surface area (Å²) < 4.78 is 0. The van der Waals surface area contributed by atoms with Gasteiger partial charge in [-0.1, -0.05) is 43.2 Å². The van der Waals surface area contributed by atoms with E-state index in [0.717, 1.165) is 45.4 Å². The van der Waals surface area contributed by atoms with Crippen molar-refractivity contribution in [3.8, 4) is 0 Å². The van der Waals surface area contributed by atoms with E-state index in [9.17, 15) is 4.79 Å². The summed E-state index contributed by atoms with van der Waals surface area (Å²) in [5.41, 5.74) is 1.43. The molecule has 1 aromatic carbocycles. The first-order valence-electron chi connectivity index (χ1n) is 9.88. The maximum Gasteiger partial charge on any atom is 0.225 e. The Morgan fingerprint density at radius 1 is 0.917 bits per heavy atom. The van der Waals surface area contributed by atoms with Crippen LogP contribution in [0.2, 0.25) is 0 Å². The minimum absolute atomic E-state index is 0.286. The van der Waals surface area contributed by atoms with E-state index in [0.29, 0.717) is 5.91 Å². The molecule has 132 valence electrons.